The second-order valence-electron chi connectivity index (χ2n) is 13.6. The summed E-state index contributed by atoms with van der Waals surface area (Å²) in [4.78, 5) is 26.8. The van der Waals surface area contributed by atoms with Gasteiger partial charge in [-0.25, -0.2) is 13.2 Å². The van der Waals surface area contributed by atoms with Crippen molar-refractivity contribution in [1.82, 2.24) is 20.7 Å². The number of amides is 3. The van der Waals surface area contributed by atoms with E-state index >= 15 is 0 Å². The van der Waals surface area contributed by atoms with E-state index in [9.17, 15) is 23.1 Å². The Hall–Kier alpha value is -3.47. The van der Waals surface area contributed by atoms with Crippen LogP contribution < -0.4 is 20.7 Å². The first-order valence-electron chi connectivity index (χ1n) is 15.7. The van der Waals surface area contributed by atoms with Crippen LogP contribution in [-0.4, -0.2) is 55.2 Å². The Morgan fingerprint density at radius 1 is 0.800 bits per heavy atom. The smallest absolute Gasteiger partial charge is 0.315 e. The number of aliphatic hydroxyl groups is 1. The number of hydrogen-bond acceptors (Lipinski definition) is 5. The first-order chi connectivity index (χ1) is 21.1. The Balaban J connectivity index is 1.89. The molecule has 0 aliphatic heterocycles. The summed E-state index contributed by atoms with van der Waals surface area (Å²) in [6.07, 6.45) is 0.337. The summed E-state index contributed by atoms with van der Waals surface area (Å²) in [6, 6.07) is 18.7. The Morgan fingerprint density at radius 3 is 2.02 bits per heavy atom. The lowest BCUT2D eigenvalue weighted by molar-refractivity contribution is -0.125. The predicted molar refractivity (Wildman–Crippen MR) is 180 cm³/mol. The molecule has 0 saturated carbocycles. The van der Waals surface area contributed by atoms with Crippen LogP contribution in [0.15, 0.2) is 77.7 Å². The average molecular weight is 639 g/mol. The number of sulfonamides is 1. The van der Waals surface area contributed by atoms with Crippen LogP contribution >= 0.6 is 0 Å². The summed E-state index contributed by atoms with van der Waals surface area (Å²) in [5, 5.41) is 22.2. The van der Waals surface area contributed by atoms with Crippen LogP contribution in [0, 0.1) is 11.8 Å². The molecule has 3 amide bonds. The third-order valence-electron chi connectivity index (χ3n) is 7.57. The van der Waals surface area contributed by atoms with Gasteiger partial charge in [-0.05, 0) is 80.3 Å². The molecular formula is C35H50N4O5S. The van der Waals surface area contributed by atoms with Crippen LogP contribution in [-0.2, 0) is 21.2 Å². The molecule has 0 aliphatic rings. The molecule has 3 aromatic rings. The zero-order valence-corrected chi connectivity index (χ0v) is 28.3. The number of rotatable bonds is 14. The average Bonchev–Trinajstić information content (AvgIpc) is 2.96. The van der Waals surface area contributed by atoms with Crippen molar-refractivity contribution in [2.75, 3.05) is 0 Å². The minimum absolute atomic E-state index is 0.0586. The molecule has 4 atom stereocenters. The summed E-state index contributed by atoms with van der Waals surface area (Å²) in [5.74, 6) is -0.637. The molecule has 0 radical (unpaired) electrons. The molecule has 0 aliphatic carbocycles. The van der Waals surface area contributed by atoms with Gasteiger partial charge >= 0.3 is 6.03 Å². The van der Waals surface area contributed by atoms with Gasteiger partial charge in [0.15, 0.2) is 0 Å². The van der Waals surface area contributed by atoms with Crippen molar-refractivity contribution in [2.24, 2.45) is 11.8 Å². The Kier molecular flexibility index (Phi) is 12.6. The highest BCUT2D eigenvalue weighted by atomic mass is 32.2. The van der Waals surface area contributed by atoms with Crippen LogP contribution in [0.25, 0.3) is 10.8 Å². The first-order valence-corrected chi connectivity index (χ1v) is 17.2. The van der Waals surface area contributed by atoms with E-state index in [4.69, 9.17) is 0 Å². The second kappa shape index (κ2) is 15.7. The molecule has 0 bridgehead atoms. The zero-order valence-electron chi connectivity index (χ0n) is 27.5. The summed E-state index contributed by atoms with van der Waals surface area (Å²) in [6.45, 7) is 13.3. The molecule has 0 saturated heterocycles. The predicted octanol–water partition coefficient (Wildman–Crippen LogP) is 5.13. The lowest BCUT2D eigenvalue weighted by Crippen LogP contribution is -2.60. The maximum absolute atomic E-state index is 13.9. The molecule has 3 rings (SSSR count). The molecule has 1 unspecified atom stereocenters. The van der Waals surface area contributed by atoms with Gasteiger partial charge in [-0.15, -0.1) is 0 Å². The molecule has 3 aromatic carbocycles. The maximum Gasteiger partial charge on any atom is 0.315 e. The largest absolute Gasteiger partial charge is 0.389 e. The monoisotopic (exact) mass is 638 g/mol. The molecule has 5 N–H and O–H groups in total. The first kappa shape index (κ1) is 36.0. The second-order valence-corrected chi connectivity index (χ2v) is 15.3. The summed E-state index contributed by atoms with van der Waals surface area (Å²) < 4.78 is 29.6. The third-order valence-corrected chi connectivity index (χ3v) is 9.01. The fourth-order valence-corrected chi connectivity index (χ4v) is 6.51. The number of carbonyl (C=O) groups excluding carboxylic acids is 2. The Morgan fingerprint density at radius 2 is 1.42 bits per heavy atom. The quantitative estimate of drug-likeness (QED) is 0.167. The Labute approximate surface area is 268 Å². The van der Waals surface area contributed by atoms with E-state index in [0.29, 0.717) is 12.3 Å². The minimum Gasteiger partial charge on any atom is -0.389 e. The molecule has 10 heteroatoms. The van der Waals surface area contributed by atoms with Gasteiger partial charge in [0.2, 0.25) is 15.9 Å². The maximum atomic E-state index is 13.9. The highest BCUT2D eigenvalue weighted by molar-refractivity contribution is 7.89. The van der Waals surface area contributed by atoms with Crippen molar-refractivity contribution in [3.8, 4) is 0 Å². The zero-order chi connectivity index (χ0) is 33.4. The standard InChI is InChI=1S/C35H50N4O5S/c1-23(2)17-20-29(37-34(42)38-35(5,6)7)32(40)30(21-25-13-9-8-10-14-25)36-33(41)31(24(3)4)39-45(43,44)28-19-18-26-15-11-12-16-27(26)22-28/h8-16,18-19,22-24,29-32,39-40H,17,20-21H2,1-7H3,(H,36,41)(H2,37,38,42)/t29?,30-,31-,32-/m0/s1. The van der Waals surface area contributed by atoms with Crippen LogP contribution in [0.1, 0.15) is 66.9 Å². The van der Waals surface area contributed by atoms with E-state index in [1.807, 2.05) is 75.4 Å². The van der Waals surface area contributed by atoms with Gasteiger partial charge in [0.05, 0.1) is 23.1 Å². The van der Waals surface area contributed by atoms with Gasteiger partial charge in [0, 0.05) is 5.54 Å². The highest BCUT2D eigenvalue weighted by Crippen LogP contribution is 2.21. The van der Waals surface area contributed by atoms with Gasteiger partial charge in [-0.2, -0.15) is 4.72 Å². The van der Waals surface area contributed by atoms with Crippen molar-refractivity contribution in [2.45, 2.75) is 102 Å². The molecule has 0 aromatic heterocycles. The lowest BCUT2D eigenvalue weighted by Gasteiger charge is -2.34. The van der Waals surface area contributed by atoms with Crippen LogP contribution in [0.4, 0.5) is 4.79 Å². The highest BCUT2D eigenvalue weighted by Gasteiger charge is 2.35. The fraction of sp³-hybridized carbons (Fsp3) is 0.486. The minimum atomic E-state index is -4.06. The fourth-order valence-electron chi connectivity index (χ4n) is 5.13. The SMILES string of the molecule is CC(C)CCC(NC(=O)NC(C)(C)C)[C@H](O)[C@H](Cc1ccccc1)NC(=O)[C@@H](NS(=O)(=O)c1ccc2ccccc2c1)C(C)C. The van der Waals surface area contributed by atoms with Crippen molar-refractivity contribution < 1.29 is 23.1 Å². The van der Waals surface area contributed by atoms with Gasteiger partial charge in [0.1, 0.15) is 6.04 Å². The molecule has 0 heterocycles. The van der Waals surface area contributed by atoms with Crippen LogP contribution in [0.5, 0.6) is 0 Å². The van der Waals surface area contributed by atoms with Gasteiger partial charge < -0.3 is 21.1 Å². The van der Waals surface area contributed by atoms with Crippen molar-refractivity contribution in [3.63, 3.8) is 0 Å². The van der Waals surface area contributed by atoms with E-state index in [0.717, 1.165) is 22.8 Å². The van der Waals surface area contributed by atoms with E-state index < -0.39 is 57.6 Å². The van der Waals surface area contributed by atoms with Crippen molar-refractivity contribution in [1.29, 1.82) is 0 Å². The summed E-state index contributed by atoms with van der Waals surface area (Å²) in [5.41, 5.74) is 0.392. The van der Waals surface area contributed by atoms with E-state index in [1.54, 1.807) is 26.0 Å². The van der Waals surface area contributed by atoms with E-state index in [2.05, 4.69) is 34.5 Å². The number of hydrogen-bond donors (Lipinski definition) is 5. The summed E-state index contributed by atoms with van der Waals surface area (Å²) in [7, 11) is -4.06. The molecule has 0 fully saturated rings. The van der Waals surface area contributed by atoms with Crippen LogP contribution in [0.3, 0.4) is 0 Å². The molecular weight excluding hydrogens is 588 g/mol. The number of urea groups is 1. The van der Waals surface area contributed by atoms with Crippen LogP contribution in [0.2, 0.25) is 0 Å². The molecule has 45 heavy (non-hydrogen) atoms. The van der Waals surface area contributed by atoms with Crippen molar-refractivity contribution >= 4 is 32.7 Å². The molecule has 0 spiro atoms. The lowest BCUT2D eigenvalue weighted by atomic mass is 9.91. The van der Waals surface area contributed by atoms with E-state index in [1.165, 1.54) is 6.07 Å². The molecule has 9 nitrogen and oxygen atoms in total. The third kappa shape index (κ3) is 11.1. The summed E-state index contributed by atoms with van der Waals surface area (Å²) >= 11 is 0. The van der Waals surface area contributed by atoms with Gasteiger partial charge in [0.25, 0.3) is 0 Å². The van der Waals surface area contributed by atoms with Gasteiger partial charge in [-0.1, -0.05) is 88.4 Å². The van der Waals surface area contributed by atoms with Crippen molar-refractivity contribution in [3.05, 3.63) is 78.4 Å². The number of nitrogens with one attached hydrogen (secondary N) is 4. The van der Waals surface area contributed by atoms with E-state index in [-0.39, 0.29) is 11.3 Å². The number of aliphatic hydroxyl groups excluding tert-OH is 1. The molecule has 246 valence electrons. The normalized spacial score (nSPS) is 15.0. The number of fused-ring (bicyclic) bond motifs is 1. The number of benzene rings is 3. The van der Waals surface area contributed by atoms with Gasteiger partial charge in [-0.3, -0.25) is 4.79 Å². The number of carbonyl (C=O) groups is 2. The Bertz CT molecular complexity index is 1520. The topological polar surface area (TPSA) is 137 Å².